The molecule has 23 heavy (non-hydrogen) atoms. The SMILES string of the molecule is CC.Cc1ccc2nc(N3CCC(NC(C)(C)C)C3)ccc2n1. The maximum absolute atomic E-state index is 4.76. The molecule has 0 spiro atoms. The first-order valence-electron chi connectivity index (χ1n) is 8.68. The van der Waals surface area contributed by atoms with Gasteiger partial charge in [0.2, 0.25) is 0 Å². The molecule has 4 nitrogen and oxygen atoms in total. The van der Waals surface area contributed by atoms with Crippen LogP contribution >= 0.6 is 0 Å². The van der Waals surface area contributed by atoms with Gasteiger partial charge in [-0.15, -0.1) is 0 Å². The molecule has 1 aliphatic rings. The molecule has 1 atom stereocenters. The van der Waals surface area contributed by atoms with Gasteiger partial charge in [-0.05, 0) is 58.4 Å². The van der Waals surface area contributed by atoms with Crippen molar-refractivity contribution in [3.63, 3.8) is 0 Å². The summed E-state index contributed by atoms with van der Waals surface area (Å²) < 4.78 is 0. The fourth-order valence-corrected chi connectivity index (χ4v) is 2.98. The highest BCUT2D eigenvalue weighted by Crippen LogP contribution is 2.22. The van der Waals surface area contributed by atoms with Crippen LogP contribution in [0.3, 0.4) is 0 Å². The van der Waals surface area contributed by atoms with E-state index < -0.39 is 0 Å². The average Bonchev–Trinajstić information content (AvgIpc) is 2.95. The van der Waals surface area contributed by atoms with Crippen molar-refractivity contribution >= 4 is 16.9 Å². The van der Waals surface area contributed by atoms with E-state index in [4.69, 9.17) is 4.98 Å². The van der Waals surface area contributed by atoms with Crippen LogP contribution < -0.4 is 10.2 Å². The van der Waals surface area contributed by atoms with Crippen molar-refractivity contribution in [3.8, 4) is 0 Å². The van der Waals surface area contributed by atoms with Crippen LogP contribution in [0.4, 0.5) is 5.82 Å². The lowest BCUT2D eigenvalue weighted by Crippen LogP contribution is -2.44. The number of aryl methyl sites for hydroxylation is 1. The quantitative estimate of drug-likeness (QED) is 0.912. The molecule has 3 heterocycles. The number of fused-ring (bicyclic) bond motifs is 1. The molecule has 0 aromatic carbocycles. The molecule has 1 aliphatic heterocycles. The number of pyridine rings is 2. The van der Waals surface area contributed by atoms with E-state index in [1.165, 1.54) is 6.42 Å². The number of aromatic nitrogens is 2. The van der Waals surface area contributed by atoms with E-state index in [0.717, 1.165) is 35.6 Å². The molecular weight excluding hydrogens is 284 g/mol. The van der Waals surface area contributed by atoms with Gasteiger partial charge in [-0.3, -0.25) is 4.98 Å². The van der Waals surface area contributed by atoms with Gasteiger partial charge in [0.15, 0.2) is 0 Å². The van der Waals surface area contributed by atoms with Crippen LogP contribution in [0, 0.1) is 6.92 Å². The zero-order valence-corrected chi connectivity index (χ0v) is 15.3. The minimum absolute atomic E-state index is 0.166. The van der Waals surface area contributed by atoms with Crippen LogP contribution in [-0.4, -0.2) is 34.6 Å². The van der Waals surface area contributed by atoms with Gasteiger partial charge in [0.25, 0.3) is 0 Å². The molecule has 1 unspecified atom stereocenters. The van der Waals surface area contributed by atoms with E-state index in [1.807, 2.05) is 26.8 Å². The Hall–Kier alpha value is -1.68. The minimum Gasteiger partial charge on any atom is -0.355 e. The zero-order valence-electron chi connectivity index (χ0n) is 15.3. The van der Waals surface area contributed by atoms with E-state index in [9.17, 15) is 0 Å². The Morgan fingerprint density at radius 1 is 1.04 bits per heavy atom. The van der Waals surface area contributed by atoms with Crippen molar-refractivity contribution in [2.24, 2.45) is 0 Å². The second-order valence-corrected chi connectivity index (χ2v) is 6.99. The van der Waals surface area contributed by atoms with Crippen LogP contribution in [0.1, 0.15) is 46.7 Å². The number of rotatable bonds is 2. The Kier molecular flexibility index (Phi) is 5.58. The Morgan fingerprint density at radius 2 is 1.70 bits per heavy atom. The fraction of sp³-hybridized carbons (Fsp3) is 0.579. The second kappa shape index (κ2) is 7.26. The second-order valence-electron chi connectivity index (χ2n) is 6.99. The number of anilines is 1. The highest BCUT2D eigenvalue weighted by Gasteiger charge is 2.26. The fourth-order valence-electron chi connectivity index (χ4n) is 2.98. The zero-order chi connectivity index (χ0) is 17.0. The summed E-state index contributed by atoms with van der Waals surface area (Å²) in [6.07, 6.45) is 1.17. The van der Waals surface area contributed by atoms with Crippen LogP contribution in [0.2, 0.25) is 0 Å². The highest BCUT2D eigenvalue weighted by atomic mass is 15.2. The number of nitrogens with one attached hydrogen (secondary N) is 1. The molecule has 126 valence electrons. The van der Waals surface area contributed by atoms with Crippen LogP contribution in [-0.2, 0) is 0 Å². The van der Waals surface area contributed by atoms with Crippen LogP contribution in [0.15, 0.2) is 24.3 Å². The van der Waals surface area contributed by atoms with Crippen molar-refractivity contribution in [1.29, 1.82) is 0 Å². The van der Waals surface area contributed by atoms with Crippen molar-refractivity contribution in [1.82, 2.24) is 15.3 Å². The van der Waals surface area contributed by atoms with Crippen molar-refractivity contribution in [2.75, 3.05) is 18.0 Å². The van der Waals surface area contributed by atoms with E-state index >= 15 is 0 Å². The van der Waals surface area contributed by atoms with Gasteiger partial charge in [0.05, 0.1) is 11.0 Å². The monoisotopic (exact) mass is 314 g/mol. The summed E-state index contributed by atoms with van der Waals surface area (Å²) >= 11 is 0. The maximum atomic E-state index is 4.76. The van der Waals surface area contributed by atoms with E-state index in [1.54, 1.807) is 0 Å². The molecule has 2 aromatic rings. The third kappa shape index (κ3) is 4.64. The molecule has 4 heteroatoms. The lowest BCUT2D eigenvalue weighted by atomic mass is 10.1. The summed E-state index contributed by atoms with van der Waals surface area (Å²) in [5.41, 5.74) is 3.15. The van der Waals surface area contributed by atoms with Crippen molar-refractivity contribution < 1.29 is 0 Å². The molecule has 1 saturated heterocycles. The molecule has 1 fully saturated rings. The predicted octanol–water partition coefficient (Wildman–Crippen LogP) is 3.93. The molecule has 0 saturated carbocycles. The van der Waals surface area contributed by atoms with Gasteiger partial charge < -0.3 is 10.2 Å². The van der Waals surface area contributed by atoms with Gasteiger partial charge in [0.1, 0.15) is 5.82 Å². The lowest BCUT2D eigenvalue weighted by molar-refractivity contribution is 0.373. The Bertz CT molecular complexity index is 645. The first kappa shape index (κ1) is 17.7. The van der Waals surface area contributed by atoms with E-state index in [0.29, 0.717) is 6.04 Å². The Balaban J connectivity index is 0.000000924. The topological polar surface area (TPSA) is 41.1 Å². The molecule has 0 radical (unpaired) electrons. The molecule has 3 rings (SSSR count). The van der Waals surface area contributed by atoms with Gasteiger partial charge >= 0.3 is 0 Å². The normalized spacial score (nSPS) is 18.0. The summed E-state index contributed by atoms with van der Waals surface area (Å²) in [5.74, 6) is 1.06. The molecular formula is C19H30N4. The highest BCUT2D eigenvalue weighted by molar-refractivity contribution is 5.76. The smallest absolute Gasteiger partial charge is 0.129 e. The summed E-state index contributed by atoms with van der Waals surface area (Å²) in [5, 5.41) is 3.68. The minimum atomic E-state index is 0.166. The average molecular weight is 314 g/mol. The Morgan fingerprint density at radius 3 is 2.39 bits per heavy atom. The summed E-state index contributed by atoms with van der Waals surface area (Å²) in [4.78, 5) is 11.6. The lowest BCUT2D eigenvalue weighted by Gasteiger charge is -2.26. The van der Waals surface area contributed by atoms with Crippen molar-refractivity contribution in [3.05, 3.63) is 30.0 Å². The third-order valence-electron chi connectivity index (χ3n) is 3.82. The first-order valence-corrected chi connectivity index (χ1v) is 8.68. The van der Waals surface area contributed by atoms with E-state index in [2.05, 4.69) is 54.2 Å². The maximum Gasteiger partial charge on any atom is 0.129 e. The standard InChI is InChI=1S/C17H24N4.C2H6/c1-12-5-6-15-14(18-12)7-8-16(19-15)21-10-9-13(11-21)20-17(2,3)4;1-2/h5-8,13,20H,9-11H2,1-4H3;1-2H3. The van der Waals surface area contributed by atoms with Gasteiger partial charge in [-0.25, -0.2) is 4.98 Å². The predicted molar refractivity (Wildman–Crippen MR) is 99.1 cm³/mol. The molecule has 0 aliphatic carbocycles. The molecule has 1 N–H and O–H groups in total. The molecule has 2 aromatic heterocycles. The largest absolute Gasteiger partial charge is 0.355 e. The first-order chi connectivity index (χ1) is 10.9. The van der Waals surface area contributed by atoms with Crippen molar-refractivity contribution in [2.45, 2.75) is 59.5 Å². The number of hydrogen-bond donors (Lipinski definition) is 1. The molecule has 0 bridgehead atoms. The van der Waals surface area contributed by atoms with E-state index in [-0.39, 0.29) is 5.54 Å². The van der Waals surface area contributed by atoms with Gasteiger partial charge in [-0.2, -0.15) is 0 Å². The third-order valence-corrected chi connectivity index (χ3v) is 3.82. The summed E-state index contributed by atoms with van der Waals surface area (Å²) in [7, 11) is 0. The number of nitrogens with zero attached hydrogens (tertiary/aromatic N) is 3. The van der Waals surface area contributed by atoms with Gasteiger partial charge in [0, 0.05) is 30.4 Å². The Labute approximate surface area is 140 Å². The summed E-state index contributed by atoms with van der Waals surface area (Å²) in [6, 6.07) is 8.79. The summed E-state index contributed by atoms with van der Waals surface area (Å²) in [6.45, 7) is 14.8. The van der Waals surface area contributed by atoms with Gasteiger partial charge in [-0.1, -0.05) is 13.8 Å². The van der Waals surface area contributed by atoms with Crippen LogP contribution in [0.5, 0.6) is 0 Å². The molecule has 0 amide bonds. The number of hydrogen-bond acceptors (Lipinski definition) is 4. The van der Waals surface area contributed by atoms with Crippen LogP contribution in [0.25, 0.3) is 11.0 Å².